The van der Waals surface area contributed by atoms with Crippen molar-refractivity contribution in [2.75, 3.05) is 0 Å². The van der Waals surface area contributed by atoms with Gasteiger partial charge in [-0.15, -0.1) is 0 Å². The van der Waals surface area contributed by atoms with E-state index in [2.05, 4.69) is 27.9 Å². The number of aryl methyl sites for hydroxylation is 1. The van der Waals surface area contributed by atoms with Crippen LogP contribution in [0.4, 0.5) is 0 Å². The molecule has 0 radical (unpaired) electrons. The molecule has 2 amide bonds. The zero-order valence-corrected chi connectivity index (χ0v) is 17.1. The van der Waals surface area contributed by atoms with E-state index in [0.717, 1.165) is 17.0 Å². The smallest absolute Gasteiger partial charge is 0.242 e. The van der Waals surface area contributed by atoms with Crippen LogP contribution in [0.5, 0.6) is 0 Å². The van der Waals surface area contributed by atoms with Crippen molar-refractivity contribution in [1.29, 1.82) is 0 Å². The molecule has 1 atom stereocenters. The van der Waals surface area contributed by atoms with Gasteiger partial charge >= 0.3 is 0 Å². The van der Waals surface area contributed by atoms with Crippen LogP contribution >= 0.6 is 0 Å². The SMILES string of the molecule is Cc1nn(Cc2ccccc2)c(C)c1CNC(=O)[C@@H](C)NC(=O)C(C)(C)C. The van der Waals surface area contributed by atoms with Crippen molar-refractivity contribution >= 4 is 11.8 Å². The molecule has 0 spiro atoms. The minimum Gasteiger partial charge on any atom is -0.350 e. The Morgan fingerprint density at radius 1 is 1.15 bits per heavy atom. The number of benzene rings is 1. The molecule has 0 saturated carbocycles. The third kappa shape index (κ3) is 5.42. The van der Waals surface area contributed by atoms with Gasteiger partial charge in [0.15, 0.2) is 0 Å². The number of nitrogens with zero attached hydrogens (tertiary/aromatic N) is 2. The second-order valence-corrected chi connectivity index (χ2v) is 7.96. The maximum Gasteiger partial charge on any atom is 0.242 e. The number of carbonyl (C=O) groups excluding carboxylic acids is 2. The van der Waals surface area contributed by atoms with E-state index in [9.17, 15) is 9.59 Å². The zero-order chi connectivity index (χ0) is 20.2. The molecule has 2 aromatic rings. The number of hydrogen-bond donors (Lipinski definition) is 2. The van der Waals surface area contributed by atoms with Crippen molar-refractivity contribution in [3.8, 4) is 0 Å². The van der Waals surface area contributed by atoms with Crippen molar-refractivity contribution in [2.24, 2.45) is 5.41 Å². The molecule has 27 heavy (non-hydrogen) atoms. The Morgan fingerprint density at radius 2 is 1.78 bits per heavy atom. The van der Waals surface area contributed by atoms with Gasteiger partial charge in [-0.3, -0.25) is 14.3 Å². The van der Waals surface area contributed by atoms with Gasteiger partial charge in [-0.05, 0) is 26.3 Å². The fraction of sp³-hybridized carbons (Fsp3) is 0.476. The van der Waals surface area contributed by atoms with E-state index >= 15 is 0 Å². The molecule has 0 saturated heterocycles. The summed E-state index contributed by atoms with van der Waals surface area (Å²) in [6, 6.07) is 9.56. The van der Waals surface area contributed by atoms with Crippen LogP contribution in [0, 0.1) is 19.3 Å². The fourth-order valence-corrected chi connectivity index (χ4v) is 2.71. The molecule has 0 fully saturated rings. The monoisotopic (exact) mass is 370 g/mol. The van der Waals surface area contributed by atoms with Gasteiger partial charge in [-0.1, -0.05) is 51.1 Å². The van der Waals surface area contributed by atoms with Gasteiger partial charge in [0.05, 0.1) is 12.2 Å². The van der Waals surface area contributed by atoms with Crippen LogP contribution < -0.4 is 10.6 Å². The Morgan fingerprint density at radius 3 is 2.37 bits per heavy atom. The van der Waals surface area contributed by atoms with Crippen molar-refractivity contribution < 1.29 is 9.59 Å². The molecule has 0 aliphatic carbocycles. The maximum absolute atomic E-state index is 12.3. The van der Waals surface area contributed by atoms with Crippen LogP contribution in [0.1, 0.15) is 50.2 Å². The molecular weight excluding hydrogens is 340 g/mol. The van der Waals surface area contributed by atoms with Gasteiger partial charge in [-0.2, -0.15) is 5.10 Å². The predicted molar refractivity (Wildman–Crippen MR) is 106 cm³/mol. The first-order valence-corrected chi connectivity index (χ1v) is 9.25. The highest BCUT2D eigenvalue weighted by Crippen LogP contribution is 2.15. The third-order valence-corrected chi connectivity index (χ3v) is 4.57. The van der Waals surface area contributed by atoms with E-state index in [1.807, 2.05) is 57.5 Å². The standard InChI is InChI=1S/C21H30N4O2/c1-14-18(12-22-19(26)15(2)23-20(27)21(4,5)6)16(3)25(24-14)13-17-10-8-7-9-11-17/h7-11,15H,12-13H2,1-6H3,(H,22,26)(H,23,27)/t15-/m1/s1. The molecule has 0 aliphatic rings. The first-order valence-electron chi connectivity index (χ1n) is 9.25. The quantitative estimate of drug-likeness (QED) is 0.821. The summed E-state index contributed by atoms with van der Waals surface area (Å²) in [7, 11) is 0. The van der Waals surface area contributed by atoms with Crippen molar-refractivity contribution in [3.05, 3.63) is 52.8 Å². The maximum atomic E-state index is 12.3. The number of rotatable bonds is 6. The number of hydrogen-bond acceptors (Lipinski definition) is 3. The summed E-state index contributed by atoms with van der Waals surface area (Å²) in [5, 5.41) is 10.3. The van der Waals surface area contributed by atoms with Gasteiger partial charge in [-0.25, -0.2) is 0 Å². The summed E-state index contributed by atoms with van der Waals surface area (Å²) in [4.78, 5) is 24.4. The van der Waals surface area contributed by atoms with Crippen LogP contribution in [0.2, 0.25) is 0 Å². The Balaban J connectivity index is 1.99. The summed E-state index contributed by atoms with van der Waals surface area (Å²) >= 11 is 0. The van der Waals surface area contributed by atoms with Crippen LogP contribution in [0.15, 0.2) is 30.3 Å². The van der Waals surface area contributed by atoms with E-state index in [-0.39, 0.29) is 11.8 Å². The summed E-state index contributed by atoms with van der Waals surface area (Å²) < 4.78 is 1.96. The lowest BCUT2D eigenvalue weighted by molar-refractivity contribution is -0.133. The minimum absolute atomic E-state index is 0.145. The van der Waals surface area contributed by atoms with Gasteiger partial charge in [0.25, 0.3) is 0 Å². The van der Waals surface area contributed by atoms with Crippen LogP contribution in [0.3, 0.4) is 0 Å². The zero-order valence-electron chi connectivity index (χ0n) is 17.1. The third-order valence-electron chi connectivity index (χ3n) is 4.57. The van der Waals surface area contributed by atoms with E-state index in [1.54, 1.807) is 6.92 Å². The second-order valence-electron chi connectivity index (χ2n) is 7.96. The highest BCUT2D eigenvalue weighted by Gasteiger charge is 2.25. The summed E-state index contributed by atoms with van der Waals surface area (Å²) in [6.07, 6.45) is 0. The van der Waals surface area contributed by atoms with E-state index < -0.39 is 11.5 Å². The van der Waals surface area contributed by atoms with Gasteiger partial charge in [0.2, 0.25) is 11.8 Å². The Hall–Kier alpha value is -2.63. The molecule has 2 N–H and O–H groups in total. The summed E-state index contributed by atoms with van der Waals surface area (Å²) in [6.45, 7) is 12.2. The predicted octanol–water partition coefficient (Wildman–Crippen LogP) is 2.72. The average molecular weight is 370 g/mol. The van der Waals surface area contributed by atoms with E-state index in [4.69, 9.17) is 0 Å². The molecule has 0 bridgehead atoms. The Bertz CT molecular complexity index is 804. The number of amides is 2. The molecular formula is C21H30N4O2. The van der Waals surface area contributed by atoms with Gasteiger partial charge < -0.3 is 10.6 Å². The fourth-order valence-electron chi connectivity index (χ4n) is 2.71. The molecule has 146 valence electrons. The summed E-state index contributed by atoms with van der Waals surface area (Å²) in [5.74, 6) is -0.351. The van der Waals surface area contributed by atoms with E-state index in [1.165, 1.54) is 5.56 Å². The molecule has 0 aliphatic heterocycles. The Kier molecular flexibility index (Phi) is 6.41. The molecule has 0 unspecified atom stereocenters. The van der Waals surface area contributed by atoms with Crippen molar-refractivity contribution in [1.82, 2.24) is 20.4 Å². The van der Waals surface area contributed by atoms with E-state index in [0.29, 0.717) is 13.1 Å². The summed E-state index contributed by atoms with van der Waals surface area (Å²) in [5.41, 5.74) is 3.59. The lowest BCUT2D eigenvalue weighted by atomic mass is 9.95. The topological polar surface area (TPSA) is 76.0 Å². The normalized spacial score (nSPS) is 12.5. The van der Waals surface area contributed by atoms with Gasteiger partial charge in [0, 0.05) is 23.2 Å². The molecule has 1 heterocycles. The number of nitrogens with one attached hydrogen (secondary N) is 2. The second kappa shape index (κ2) is 8.37. The number of carbonyl (C=O) groups is 2. The molecule has 2 rings (SSSR count). The molecule has 6 heteroatoms. The molecule has 1 aromatic carbocycles. The van der Waals surface area contributed by atoms with Gasteiger partial charge in [0.1, 0.15) is 6.04 Å². The Labute approximate surface area is 161 Å². The first-order chi connectivity index (χ1) is 12.6. The lowest BCUT2D eigenvalue weighted by Gasteiger charge is -2.21. The van der Waals surface area contributed by atoms with Crippen LogP contribution in [0.25, 0.3) is 0 Å². The highest BCUT2D eigenvalue weighted by atomic mass is 16.2. The van der Waals surface area contributed by atoms with Crippen molar-refractivity contribution in [2.45, 2.75) is 60.7 Å². The first kappa shape index (κ1) is 20.7. The largest absolute Gasteiger partial charge is 0.350 e. The highest BCUT2D eigenvalue weighted by molar-refractivity contribution is 5.89. The number of aromatic nitrogens is 2. The minimum atomic E-state index is -0.586. The molecule has 1 aromatic heterocycles. The van der Waals surface area contributed by atoms with Crippen molar-refractivity contribution in [3.63, 3.8) is 0 Å². The average Bonchev–Trinajstić information content (AvgIpc) is 2.86. The lowest BCUT2D eigenvalue weighted by Crippen LogP contribution is -2.48. The molecule has 6 nitrogen and oxygen atoms in total. The van der Waals surface area contributed by atoms with Crippen LogP contribution in [-0.2, 0) is 22.7 Å². The van der Waals surface area contributed by atoms with Crippen LogP contribution in [-0.4, -0.2) is 27.6 Å².